The summed E-state index contributed by atoms with van der Waals surface area (Å²) in [6, 6.07) is 22.3. The molecule has 0 fully saturated rings. The number of nitro benzene ring substituents is 1. The Morgan fingerprint density at radius 3 is 2.33 bits per heavy atom. The second kappa shape index (κ2) is 5.62. The van der Waals surface area contributed by atoms with Crippen LogP contribution in [0.4, 0.5) is 5.69 Å². The van der Waals surface area contributed by atoms with Crippen molar-refractivity contribution in [2.75, 3.05) is 0 Å². The van der Waals surface area contributed by atoms with Crippen molar-refractivity contribution in [2.24, 2.45) is 0 Å². The molecule has 0 amide bonds. The SMILES string of the molecule is O=[N+]([O-])c1ccccc1-c1cccc2cnn(-c3ccccc3)c12. The van der Waals surface area contributed by atoms with Crippen LogP contribution in [0.25, 0.3) is 27.7 Å². The zero-order valence-corrected chi connectivity index (χ0v) is 12.7. The van der Waals surface area contributed by atoms with Crippen LogP contribution in [-0.2, 0) is 0 Å². The molecule has 5 heteroatoms. The molecular formula is C19H13N3O2. The van der Waals surface area contributed by atoms with Crippen LogP contribution in [0, 0.1) is 10.1 Å². The Bertz CT molecular complexity index is 1040. The van der Waals surface area contributed by atoms with E-state index in [-0.39, 0.29) is 10.6 Å². The summed E-state index contributed by atoms with van der Waals surface area (Å²) in [5.41, 5.74) is 3.24. The van der Waals surface area contributed by atoms with E-state index >= 15 is 0 Å². The molecule has 0 aliphatic rings. The van der Waals surface area contributed by atoms with E-state index in [0.717, 1.165) is 22.2 Å². The topological polar surface area (TPSA) is 61.0 Å². The second-order valence-corrected chi connectivity index (χ2v) is 5.41. The van der Waals surface area contributed by atoms with E-state index in [4.69, 9.17) is 0 Å². The van der Waals surface area contributed by atoms with Crippen LogP contribution in [-0.4, -0.2) is 14.7 Å². The highest BCUT2D eigenvalue weighted by molar-refractivity contribution is 5.97. The largest absolute Gasteiger partial charge is 0.277 e. The molecule has 116 valence electrons. The summed E-state index contributed by atoms with van der Waals surface area (Å²) in [5, 5.41) is 16.8. The molecule has 0 N–H and O–H groups in total. The van der Waals surface area contributed by atoms with E-state index in [1.54, 1.807) is 18.3 Å². The van der Waals surface area contributed by atoms with Gasteiger partial charge < -0.3 is 0 Å². The fourth-order valence-corrected chi connectivity index (χ4v) is 2.92. The molecule has 5 nitrogen and oxygen atoms in total. The Morgan fingerprint density at radius 1 is 0.833 bits per heavy atom. The molecule has 0 saturated carbocycles. The lowest BCUT2D eigenvalue weighted by atomic mass is 10.0. The van der Waals surface area contributed by atoms with E-state index in [1.807, 2.05) is 59.3 Å². The Kier molecular flexibility index (Phi) is 3.31. The highest BCUT2D eigenvalue weighted by Gasteiger charge is 2.18. The van der Waals surface area contributed by atoms with Gasteiger partial charge >= 0.3 is 0 Å². The summed E-state index contributed by atoms with van der Waals surface area (Å²) in [6.45, 7) is 0. The first-order chi connectivity index (χ1) is 11.8. The molecule has 0 unspecified atom stereocenters. The fourth-order valence-electron chi connectivity index (χ4n) is 2.92. The molecule has 0 bridgehead atoms. The van der Waals surface area contributed by atoms with Crippen molar-refractivity contribution in [3.63, 3.8) is 0 Å². The minimum absolute atomic E-state index is 0.0887. The van der Waals surface area contributed by atoms with Crippen molar-refractivity contribution in [2.45, 2.75) is 0 Å². The predicted octanol–water partition coefficient (Wildman–Crippen LogP) is 4.60. The third-order valence-electron chi connectivity index (χ3n) is 3.98. The number of aromatic nitrogens is 2. The standard InChI is InChI=1S/C19H13N3O2/c23-22(24)18-12-5-4-10-16(18)17-11-6-7-14-13-20-21(19(14)17)15-8-2-1-3-9-15/h1-13H. The summed E-state index contributed by atoms with van der Waals surface area (Å²) in [4.78, 5) is 11.1. The number of para-hydroxylation sites is 3. The summed E-state index contributed by atoms with van der Waals surface area (Å²) in [5.74, 6) is 0. The molecule has 0 atom stereocenters. The molecule has 4 aromatic rings. The van der Waals surface area contributed by atoms with Gasteiger partial charge in [0.15, 0.2) is 0 Å². The number of hydrogen-bond donors (Lipinski definition) is 0. The average molecular weight is 315 g/mol. The Labute approximate surface area is 137 Å². The molecule has 0 saturated heterocycles. The smallest absolute Gasteiger partial charge is 0.258 e. The third kappa shape index (κ3) is 2.23. The van der Waals surface area contributed by atoms with Crippen molar-refractivity contribution in [1.82, 2.24) is 9.78 Å². The molecular weight excluding hydrogens is 302 g/mol. The van der Waals surface area contributed by atoms with Gasteiger partial charge in [0.05, 0.1) is 27.9 Å². The van der Waals surface area contributed by atoms with Gasteiger partial charge in [-0.25, -0.2) is 4.68 Å². The lowest BCUT2D eigenvalue weighted by molar-refractivity contribution is -0.384. The van der Waals surface area contributed by atoms with Crippen LogP contribution in [0.15, 0.2) is 79.0 Å². The van der Waals surface area contributed by atoms with Crippen LogP contribution in [0.5, 0.6) is 0 Å². The Hall–Kier alpha value is -3.47. The fraction of sp³-hybridized carbons (Fsp3) is 0. The van der Waals surface area contributed by atoms with E-state index < -0.39 is 0 Å². The van der Waals surface area contributed by atoms with Gasteiger partial charge in [0.1, 0.15) is 0 Å². The molecule has 3 aromatic carbocycles. The van der Waals surface area contributed by atoms with Gasteiger partial charge in [-0.05, 0) is 18.2 Å². The Balaban J connectivity index is 2.05. The number of benzene rings is 3. The van der Waals surface area contributed by atoms with Crippen LogP contribution in [0.1, 0.15) is 0 Å². The van der Waals surface area contributed by atoms with Gasteiger partial charge in [-0.2, -0.15) is 5.10 Å². The van der Waals surface area contributed by atoms with Crippen molar-refractivity contribution in [3.8, 4) is 16.8 Å². The van der Waals surface area contributed by atoms with E-state index in [2.05, 4.69) is 5.10 Å². The van der Waals surface area contributed by atoms with E-state index in [0.29, 0.717) is 5.56 Å². The average Bonchev–Trinajstić information content (AvgIpc) is 3.06. The lowest BCUT2D eigenvalue weighted by Crippen LogP contribution is -1.98. The molecule has 24 heavy (non-hydrogen) atoms. The van der Waals surface area contributed by atoms with Gasteiger partial charge in [0.2, 0.25) is 0 Å². The zero-order chi connectivity index (χ0) is 16.5. The maximum atomic E-state index is 11.4. The lowest BCUT2D eigenvalue weighted by Gasteiger charge is -2.09. The molecule has 1 heterocycles. The van der Waals surface area contributed by atoms with Crippen LogP contribution in [0.2, 0.25) is 0 Å². The van der Waals surface area contributed by atoms with Crippen molar-refractivity contribution < 1.29 is 4.92 Å². The molecule has 4 rings (SSSR count). The van der Waals surface area contributed by atoms with Crippen molar-refractivity contribution in [1.29, 1.82) is 0 Å². The number of rotatable bonds is 3. The quantitative estimate of drug-likeness (QED) is 0.410. The van der Waals surface area contributed by atoms with Crippen LogP contribution < -0.4 is 0 Å². The van der Waals surface area contributed by atoms with Gasteiger partial charge in [0.25, 0.3) is 5.69 Å². The van der Waals surface area contributed by atoms with Crippen molar-refractivity contribution in [3.05, 3.63) is 89.1 Å². The normalized spacial score (nSPS) is 10.8. The highest BCUT2D eigenvalue weighted by Crippen LogP contribution is 2.35. The maximum absolute atomic E-state index is 11.4. The van der Waals surface area contributed by atoms with Gasteiger partial charge in [-0.1, -0.05) is 48.5 Å². The second-order valence-electron chi connectivity index (χ2n) is 5.41. The first-order valence-electron chi connectivity index (χ1n) is 7.51. The summed E-state index contributed by atoms with van der Waals surface area (Å²) in [7, 11) is 0. The van der Waals surface area contributed by atoms with Crippen molar-refractivity contribution >= 4 is 16.6 Å². The maximum Gasteiger partial charge on any atom is 0.277 e. The number of nitrogens with zero attached hydrogens (tertiary/aromatic N) is 3. The zero-order valence-electron chi connectivity index (χ0n) is 12.7. The van der Waals surface area contributed by atoms with Gasteiger partial charge in [0, 0.05) is 17.0 Å². The first kappa shape index (κ1) is 14.1. The van der Waals surface area contributed by atoms with Crippen LogP contribution in [0.3, 0.4) is 0 Å². The third-order valence-corrected chi connectivity index (χ3v) is 3.98. The molecule has 0 radical (unpaired) electrons. The summed E-state index contributed by atoms with van der Waals surface area (Å²) < 4.78 is 1.82. The van der Waals surface area contributed by atoms with Gasteiger partial charge in [-0.3, -0.25) is 10.1 Å². The summed E-state index contributed by atoms with van der Waals surface area (Å²) >= 11 is 0. The molecule has 0 aliphatic heterocycles. The summed E-state index contributed by atoms with van der Waals surface area (Å²) in [6.07, 6.45) is 1.78. The minimum atomic E-state index is -0.350. The molecule has 0 aliphatic carbocycles. The van der Waals surface area contributed by atoms with E-state index in [1.165, 1.54) is 6.07 Å². The minimum Gasteiger partial charge on any atom is -0.258 e. The number of fused-ring (bicyclic) bond motifs is 1. The monoisotopic (exact) mass is 315 g/mol. The Morgan fingerprint density at radius 2 is 1.54 bits per heavy atom. The number of nitro groups is 1. The number of hydrogen-bond acceptors (Lipinski definition) is 3. The first-order valence-corrected chi connectivity index (χ1v) is 7.51. The van der Waals surface area contributed by atoms with Gasteiger partial charge in [-0.15, -0.1) is 0 Å². The highest BCUT2D eigenvalue weighted by atomic mass is 16.6. The van der Waals surface area contributed by atoms with Crippen LogP contribution >= 0.6 is 0 Å². The van der Waals surface area contributed by atoms with E-state index in [9.17, 15) is 10.1 Å². The predicted molar refractivity (Wildman–Crippen MR) is 93.2 cm³/mol. The molecule has 1 aromatic heterocycles. The molecule has 0 spiro atoms.